The van der Waals surface area contributed by atoms with E-state index in [0.29, 0.717) is 16.3 Å². The quantitative estimate of drug-likeness (QED) is 0.468. The topological polar surface area (TPSA) is 60.4 Å². The first-order valence-corrected chi connectivity index (χ1v) is 6.37. The molecule has 0 amide bonds. The average molecular weight is 275 g/mol. The molecular weight excluding hydrogens is 264 g/mol. The Morgan fingerprint density at radius 3 is 2.71 bits per heavy atom. The number of Topliss-reactive ketones (excluding diaryl/α,β-unsaturated/α-hetero) is 1. The summed E-state index contributed by atoms with van der Waals surface area (Å²) in [5.41, 5.74) is 0.509. The summed E-state index contributed by atoms with van der Waals surface area (Å²) in [6, 6.07) is 4.72. The van der Waals surface area contributed by atoms with Gasteiger partial charge in [-0.05, 0) is 25.1 Å². The molecule has 0 bridgehead atoms. The second-order valence-corrected chi connectivity index (χ2v) is 4.53. The van der Waals surface area contributed by atoms with Crippen LogP contribution in [0.3, 0.4) is 0 Å². The van der Waals surface area contributed by atoms with Gasteiger partial charge >= 0.3 is 0 Å². The van der Waals surface area contributed by atoms with Gasteiger partial charge in [-0.25, -0.2) is 0 Å². The fourth-order valence-electron chi connectivity index (χ4n) is 1.15. The number of carbonyl (C=O) groups is 1. The molecule has 1 aromatic carbocycles. The predicted molar refractivity (Wildman–Crippen MR) is 66.6 cm³/mol. The van der Waals surface area contributed by atoms with Gasteiger partial charge in [0, 0.05) is 17.4 Å². The van der Waals surface area contributed by atoms with E-state index >= 15 is 0 Å². The van der Waals surface area contributed by atoms with Crippen molar-refractivity contribution in [3.05, 3.63) is 28.8 Å². The third kappa shape index (κ3) is 4.58. The molecule has 0 unspecified atom stereocenters. The Morgan fingerprint density at radius 1 is 1.47 bits per heavy atom. The molecule has 4 nitrogen and oxygen atoms in total. The van der Waals surface area contributed by atoms with E-state index in [4.69, 9.17) is 16.3 Å². The fraction of sp³-hybridized carbons (Fsp3) is 0.273. The molecule has 0 saturated carbocycles. The summed E-state index contributed by atoms with van der Waals surface area (Å²) in [5, 5.41) is 1.44. The predicted octanol–water partition coefficient (Wildman–Crippen LogP) is 1.99. The van der Waals surface area contributed by atoms with E-state index in [1.807, 2.05) is 0 Å². The van der Waals surface area contributed by atoms with Crippen LogP contribution in [0.2, 0.25) is 5.02 Å². The third-order valence-corrected chi connectivity index (χ3v) is 2.77. The Hall–Kier alpha value is -1.33. The Balaban J connectivity index is 2.67. The molecule has 0 N–H and O–H groups in total. The van der Waals surface area contributed by atoms with Gasteiger partial charge in [-0.3, -0.25) is 4.79 Å². The van der Waals surface area contributed by atoms with Crippen LogP contribution in [0.25, 0.3) is 0 Å². The van der Waals surface area contributed by atoms with E-state index in [1.54, 1.807) is 12.1 Å². The molecule has 0 atom stereocenters. The van der Waals surface area contributed by atoms with Crippen molar-refractivity contribution in [1.82, 2.24) is 0 Å². The van der Waals surface area contributed by atoms with Crippen molar-refractivity contribution in [2.75, 3.05) is 6.61 Å². The highest BCUT2D eigenvalue weighted by molar-refractivity contribution is 7.71. The van der Waals surface area contributed by atoms with Crippen molar-refractivity contribution in [3.8, 4) is 5.75 Å². The summed E-state index contributed by atoms with van der Waals surface area (Å²) in [6.45, 7) is 1.66. The highest BCUT2D eigenvalue weighted by atomic mass is 35.5. The van der Waals surface area contributed by atoms with Crippen LogP contribution in [-0.4, -0.2) is 26.2 Å². The first-order chi connectivity index (χ1) is 8.00. The molecule has 1 rings (SSSR count). The molecular formula is C11H11ClO4S. The Kier molecular flexibility index (Phi) is 5.18. The SMILES string of the molecule is CC(=O)c1ccc(OCCC=S(=O)=O)c(Cl)c1. The van der Waals surface area contributed by atoms with E-state index in [0.717, 1.165) is 5.37 Å². The van der Waals surface area contributed by atoms with Crippen molar-refractivity contribution in [2.45, 2.75) is 13.3 Å². The van der Waals surface area contributed by atoms with Crippen LogP contribution in [0.5, 0.6) is 5.75 Å². The zero-order valence-corrected chi connectivity index (χ0v) is 10.7. The lowest BCUT2D eigenvalue weighted by atomic mass is 10.1. The maximum Gasteiger partial charge on any atom is 0.210 e. The lowest BCUT2D eigenvalue weighted by Gasteiger charge is -2.07. The molecule has 1 aromatic rings. The summed E-state index contributed by atoms with van der Waals surface area (Å²) in [7, 11) is -2.17. The molecule has 0 radical (unpaired) electrons. The Labute approximate surface area is 106 Å². The van der Waals surface area contributed by atoms with Gasteiger partial charge in [0.15, 0.2) is 5.78 Å². The summed E-state index contributed by atoms with van der Waals surface area (Å²) >= 11 is 5.91. The lowest BCUT2D eigenvalue weighted by Crippen LogP contribution is -2.00. The second-order valence-electron chi connectivity index (χ2n) is 3.27. The van der Waals surface area contributed by atoms with E-state index in [2.05, 4.69) is 0 Å². The first kappa shape index (κ1) is 13.7. The summed E-state index contributed by atoms with van der Waals surface area (Å²) in [4.78, 5) is 11.1. The number of hydrogen-bond acceptors (Lipinski definition) is 4. The smallest absolute Gasteiger partial charge is 0.210 e. The Morgan fingerprint density at radius 2 is 2.18 bits per heavy atom. The van der Waals surface area contributed by atoms with Crippen molar-refractivity contribution in [2.24, 2.45) is 0 Å². The molecule has 92 valence electrons. The number of halogens is 1. The number of carbonyl (C=O) groups excluding carboxylic acids is 1. The van der Waals surface area contributed by atoms with Crippen molar-refractivity contribution in [3.63, 3.8) is 0 Å². The molecule has 0 heterocycles. The van der Waals surface area contributed by atoms with Gasteiger partial charge in [0.1, 0.15) is 5.75 Å². The first-order valence-electron chi connectivity index (χ1n) is 4.85. The maximum absolute atomic E-state index is 11.1. The summed E-state index contributed by atoms with van der Waals surface area (Å²) in [5.74, 6) is 0.357. The molecule has 0 fully saturated rings. The van der Waals surface area contributed by atoms with Gasteiger partial charge in [-0.1, -0.05) is 11.6 Å². The highest BCUT2D eigenvalue weighted by Crippen LogP contribution is 2.25. The summed E-state index contributed by atoms with van der Waals surface area (Å²) in [6.07, 6.45) is 0.279. The maximum atomic E-state index is 11.1. The molecule has 0 spiro atoms. The monoisotopic (exact) mass is 274 g/mol. The number of hydrogen-bond donors (Lipinski definition) is 0. The van der Waals surface area contributed by atoms with E-state index in [9.17, 15) is 13.2 Å². The van der Waals surface area contributed by atoms with Crippen LogP contribution in [0, 0.1) is 0 Å². The van der Waals surface area contributed by atoms with E-state index < -0.39 is 10.3 Å². The molecule has 0 aliphatic carbocycles. The van der Waals surface area contributed by atoms with E-state index in [1.165, 1.54) is 13.0 Å². The molecule has 0 aliphatic rings. The molecule has 17 heavy (non-hydrogen) atoms. The average Bonchev–Trinajstić information content (AvgIpc) is 2.25. The standard InChI is InChI=1S/C11H11ClO4S/c1-8(13)9-3-4-11(10(12)7-9)16-5-2-6-17(14)15/h3-4,6-7H,2,5H2,1H3. The highest BCUT2D eigenvalue weighted by Gasteiger charge is 2.05. The zero-order chi connectivity index (χ0) is 12.8. The van der Waals surface area contributed by atoms with Crippen LogP contribution in [-0.2, 0) is 10.3 Å². The van der Waals surface area contributed by atoms with Crippen LogP contribution in [0.1, 0.15) is 23.7 Å². The molecule has 0 aromatic heterocycles. The van der Waals surface area contributed by atoms with Gasteiger partial charge in [0.2, 0.25) is 10.3 Å². The Bertz CT molecular complexity index is 541. The zero-order valence-electron chi connectivity index (χ0n) is 9.14. The normalized spacial score (nSPS) is 9.76. The third-order valence-electron chi connectivity index (χ3n) is 1.97. The van der Waals surface area contributed by atoms with Crippen LogP contribution in [0.15, 0.2) is 18.2 Å². The molecule has 0 aliphatic heterocycles. The minimum atomic E-state index is -2.17. The van der Waals surface area contributed by atoms with Crippen LogP contribution >= 0.6 is 11.6 Å². The number of rotatable bonds is 5. The van der Waals surface area contributed by atoms with Crippen LogP contribution < -0.4 is 4.74 Å². The summed E-state index contributed by atoms with van der Waals surface area (Å²) < 4.78 is 25.7. The van der Waals surface area contributed by atoms with Gasteiger partial charge in [-0.15, -0.1) is 0 Å². The number of ether oxygens (including phenoxy) is 1. The molecule has 0 saturated heterocycles. The van der Waals surface area contributed by atoms with Crippen molar-refractivity contribution >= 4 is 33.0 Å². The minimum Gasteiger partial charge on any atom is -0.492 e. The second kappa shape index (κ2) is 6.42. The van der Waals surface area contributed by atoms with Gasteiger partial charge in [0.25, 0.3) is 0 Å². The minimum absolute atomic E-state index is 0.0754. The fourth-order valence-corrected chi connectivity index (χ4v) is 1.67. The number of benzene rings is 1. The van der Waals surface area contributed by atoms with Crippen molar-refractivity contribution in [1.29, 1.82) is 0 Å². The van der Waals surface area contributed by atoms with Crippen molar-refractivity contribution < 1.29 is 17.9 Å². The van der Waals surface area contributed by atoms with Gasteiger partial charge in [-0.2, -0.15) is 8.42 Å². The van der Waals surface area contributed by atoms with E-state index in [-0.39, 0.29) is 18.8 Å². The molecule has 6 heteroatoms. The van der Waals surface area contributed by atoms with Crippen LogP contribution in [0.4, 0.5) is 0 Å². The van der Waals surface area contributed by atoms with Gasteiger partial charge in [0.05, 0.1) is 11.6 Å². The lowest BCUT2D eigenvalue weighted by molar-refractivity contribution is 0.101. The van der Waals surface area contributed by atoms with Gasteiger partial charge < -0.3 is 4.74 Å². The largest absolute Gasteiger partial charge is 0.492 e. The number of ketones is 1.